The second-order valence-electron chi connectivity index (χ2n) is 12.7. The number of aliphatic hydroxyl groups is 1. The van der Waals surface area contributed by atoms with E-state index in [2.05, 4.69) is 20.9 Å². The molecule has 0 aliphatic carbocycles. The molecule has 2 saturated heterocycles. The Bertz CT molecular complexity index is 1590. The lowest BCUT2D eigenvalue weighted by molar-refractivity contribution is -0.142. The minimum absolute atomic E-state index is 0.00258. The summed E-state index contributed by atoms with van der Waals surface area (Å²) in [4.78, 5) is 74.2. The number of hydrogen-bond donors (Lipinski definition) is 5. The van der Waals surface area contributed by atoms with Gasteiger partial charge in [0.2, 0.25) is 29.5 Å². The molecule has 0 radical (unpaired) electrons. The first-order chi connectivity index (χ1) is 22.0. The van der Waals surface area contributed by atoms with E-state index in [0.717, 1.165) is 22.0 Å². The largest absolute Gasteiger partial charge is 0.391 e. The lowest BCUT2D eigenvalue weighted by Gasteiger charge is -2.30. The zero-order chi connectivity index (χ0) is 33.0. The Balaban J connectivity index is 1.53. The van der Waals surface area contributed by atoms with E-state index in [-0.39, 0.29) is 50.7 Å². The van der Waals surface area contributed by atoms with Crippen molar-refractivity contribution in [2.24, 2.45) is 5.92 Å². The van der Waals surface area contributed by atoms with Gasteiger partial charge in [0, 0.05) is 49.5 Å². The maximum absolute atomic E-state index is 14.2. The highest BCUT2D eigenvalue weighted by Crippen LogP contribution is 2.24. The third kappa shape index (κ3) is 7.56. The first-order valence-corrected chi connectivity index (χ1v) is 15.8. The van der Waals surface area contributed by atoms with Crippen LogP contribution in [-0.2, 0) is 30.4 Å². The second-order valence-corrected chi connectivity index (χ2v) is 12.7. The van der Waals surface area contributed by atoms with Gasteiger partial charge in [-0.25, -0.2) is 0 Å². The molecule has 0 bridgehead atoms. The molecule has 12 heteroatoms. The third-order valence-corrected chi connectivity index (χ3v) is 8.54. The van der Waals surface area contributed by atoms with Gasteiger partial charge in [0.1, 0.15) is 18.1 Å². The molecule has 2 aliphatic heterocycles. The number of amides is 5. The third-order valence-electron chi connectivity index (χ3n) is 8.54. The molecular weight excluding hydrogens is 588 g/mol. The summed E-state index contributed by atoms with van der Waals surface area (Å²) in [5.41, 5.74) is 2.37. The van der Waals surface area contributed by atoms with E-state index in [0.29, 0.717) is 0 Å². The number of aliphatic hydroxyl groups excluding tert-OH is 1. The molecule has 0 spiro atoms. The van der Waals surface area contributed by atoms with Gasteiger partial charge in [0.15, 0.2) is 0 Å². The highest BCUT2D eigenvalue weighted by atomic mass is 16.3. The fraction of sp³-hybridized carbons (Fsp3) is 0.441. The van der Waals surface area contributed by atoms with E-state index in [1.54, 1.807) is 6.20 Å². The fourth-order valence-electron chi connectivity index (χ4n) is 6.18. The van der Waals surface area contributed by atoms with Gasteiger partial charge in [0.25, 0.3) is 0 Å². The monoisotopic (exact) mass is 630 g/mol. The molecule has 5 N–H and O–H groups in total. The molecule has 1 aromatic heterocycles. The van der Waals surface area contributed by atoms with E-state index in [1.807, 2.05) is 68.4 Å². The van der Waals surface area contributed by atoms with Gasteiger partial charge in [0.05, 0.1) is 18.7 Å². The molecule has 12 nitrogen and oxygen atoms in total. The summed E-state index contributed by atoms with van der Waals surface area (Å²) in [5, 5.41) is 19.9. The Hall–Kier alpha value is -4.71. The van der Waals surface area contributed by atoms with Gasteiger partial charge in [-0.1, -0.05) is 62.4 Å². The quantitative estimate of drug-likeness (QED) is 0.286. The normalized spacial score (nSPS) is 25.0. The van der Waals surface area contributed by atoms with E-state index < -0.39 is 53.9 Å². The lowest BCUT2D eigenvalue weighted by Crippen LogP contribution is -2.56. The molecule has 46 heavy (non-hydrogen) atoms. The average molecular weight is 631 g/mol. The van der Waals surface area contributed by atoms with Crippen LogP contribution in [0.2, 0.25) is 0 Å². The van der Waals surface area contributed by atoms with Crippen molar-refractivity contribution in [2.45, 2.75) is 70.3 Å². The van der Waals surface area contributed by atoms with Crippen LogP contribution in [0.4, 0.5) is 0 Å². The number of H-pyrrole nitrogens is 1. The molecule has 244 valence electrons. The van der Waals surface area contributed by atoms with Gasteiger partial charge >= 0.3 is 0 Å². The van der Waals surface area contributed by atoms with E-state index in [1.165, 1.54) is 16.7 Å². The molecule has 3 aromatic rings. The van der Waals surface area contributed by atoms with Crippen molar-refractivity contribution in [1.82, 2.24) is 30.7 Å². The number of aromatic amines is 1. The predicted molar refractivity (Wildman–Crippen MR) is 171 cm³/mol. The van der Waals surface area contributed by atoms with Crippen LogP contribution < -0.4 is 16.0 Å². The van der Waals surface area contributed by atoms with Crippen LogP contribution in [0.25, 0.3) is 10.9 Å². The van der Waals surface area contributed by atoms with Crippen molar-refractivity contribution in [3.05, 3.63) is 71.9 Å². The Morgan fingerprint density at radius 1 is 0.935 bits per heavy atom. The first-order valence-electron chi connectivity index (χ1n) is 15.8. The van der Waals surface area contributed by atoms with Crippen LogP contribution in [0.15, 0.2) is 60.8 Å². The number of nitrogens with zero attached hydrogens (tertiary/aromatic N) is 2. The van der Waals surface area contributed by atoms with Crippen LogP contribution in [0, 0.1) is 5.92 Å². The summed E-state index contributed by atoms with van der Waals surface area (Å²) in [5.74, 6) is -2.42. The highest BCUT2D eigenvalue weighted by Gasteiger charge is 2.42. The van der Waals surface area contributed by atoms with Crippen LogP contribution in [-0.4, -0.2) is 93.3 Å². The minimum Gasteiger partial charge on any atom is -0.391 e. The second kappa shape index (κ2) is 14.2. The standard InChI is InChI=1S/C34H42N6O6/c1-20(2)13-31(43)39-18-28(22-9-5-4-6-10-22)38-32(44)21(3)36-33(45)29-15-24(41)17-40(29)34(46)27(37-30(42)19-39)14-23-16-35-26-12-8-7-11-25(23)26/h4-12,16,20-21,24,27-29,35,41H,13-15,17-19H2,1-3H3,(H,36,45)(H,37,42)(H,38,44)/t21-,24+,27+,28-,29-/m0/s1. The fourth-order valence-corrected chi connectivity index (χ4v) is 6.18. The van der Waals surface area contributed by atoms with Gasteiger partial charge in [-0.15, -0.1) is 0 Å². The molecule has 5 amide bonds. The Morgan fingerprint density at radius 2 is 1.65 bits per heavy atom. The van der Waals surface area contributed by atoms with Crippen LogP contribution in [0.3, 0.4) is 0 Å². The van der Waals surface area contributed by atoms with E-state index in [4.69, 9.17) is 0 Å². The first kappa shape index (κ1) is 32.7. The summed E-state index contributed by atoms with van der Waals surface area (Å²) >= 11 is 0. The van der Waals surface area contributed by atoms with Gasteiger partial charge in [-0.05, 0) is 30.0 Å². The Kier molecular flexibility index (Phi) is 10.1. The number of para-hydroxylation sites is 1. The van der Waals surface area contributed by atoms with E-state index >= 15 is 0 Å². The molecule has 2 aliphatic rings. The topological polar surface area (TPSA) is 164 Å². The SMILES string of the molecule is CC(C)CC(=O)N1CC(=O)N[C@H](Cc2c[nH]c3ccccc23)C(=O)N2C[C@H](O)C[C@H]2C(=O)N[C@@H](C)C(=O)N[C@H](c2ccccc2)C1. The molecular formula is C34H42N6O6. The Labute approximate surface area is 267 Å². The van der Waals surface area contributed by atoms with Gasteiger partial charge in [-0.3, -0.25) is 24.0 Å². The average Bonchev–Trinajstić information content (AvgIpc) is 3.62. The number of hydrogen-bond acceptors (Lipinski definition) is 6. The summed E-state index contributed by atoms with van der Waals surface area (Å²) in [6.07, 6.45) is 1.10. The van der Waals surface area contributed by atoms with Crippen molar-refractivity contribution < 1.29 is 29.1 Å². The molecule has 3 heterocycles. The highest BCUT2D eigenvalue weighted by molar-refractivity contribution is 5.96. The zero-order valence-corrected chi connectivity index (χ0v) is 26.4. The van der Waals surface area contributed by atoms with Crippen LogP contribution in [0.5, 0.6) is 0 Å². The maximum Gasteiger partial charge on any atom is 0.246 e. The van der Waals surface area contributed by atoms with Crippen LogP contribution in [0.1, 0.15) is 50.8 Å². The van der Waals surface area contributed by atoms with Gasteiger partial charge < -0.3 is 35.8 Å². The van der Waals surface area contributed by atoms with Crippen molar-refractivity contribution >= 4 is 40.4 Å². The predicted octanol–water partition coefficient (Wildman–Crippen LogP) is 1.41. The number of nitrogens with one attached hydrogen (secondary N) is 4. The number of fused-ring (bicyclic) bond motifs is 2. The number of aromatic nitrogens is 1. The smallest absolute Gasteiger partial charge is 0.246 e. The minimum atomic E-state index is -1.10. The Morgan fingerprint density at radius 3 is 2.39 bits per heavy atom. The summed E-state index contributed by atoms with van der Waals surface area (Å²) in [7, 11) is 0. The van der Waals surface area contributed by atoms with Crippen LogP contribution >= 0.6 is 0 Å². The molecule has 5 rings (SSSR count). The number of rotatable bonds is 5. The number of carbonyl (C=O) groups is 5. The summed E-state index contributed by atoms with van der Waals surface area (Å²) in [6, 6.07) is 12.9. The number of carbonyl (C=O) groups excluding carboxylic acids is 5. The summed E-state index contributed by atoms with van der Waals surface area (Å²) in [6.45, 7) is 4.90. The maximum atomic E-state index is 14.2. The molecule has 5 atom stereocenters. The number of benzene rings is 2. The van der Waals surface area contributed by atoms with Gasteiger partial charge in [-0.2, -0.15) is 0 Å². The summed E-state index contributed by atoms with van der Waals surface area (Å²) < 4.78 is 0. The lowest BCUT2D eigenvalue weighted by atomic mass is 10.0. The molecule has 2 aromatic carbocycles. The molecule has 2 fully saturated rings. The molecule has 0 saturated carbocycles. The van der Waals surface area contributed by atoms with Crippen molar-refractivity contribution in [3.63, 3.8) is 0 Å². The molecule has 0 unspecified atom stereocenters. The van der Waals surface area contributed by atoms with Crippen molar-refractivity contribution in [3.8, 4) is 0 Å². The van der Waals surface area contributed by atoms with E-state index in [9.17, 15) is 29.1 Å². The zero-order valence-electron chi connectivity index (χ0n) is 26.4. The van der Waals surface area contributed by atoms with Crippen molar-refractivity contribution in [2.75, 3.05) is 19.6 Å². The van der Waals surface area contributed by atoms with Crippen molar-refractivity contribution in [1.29, 1.82) is 0 Å².